The van der Waals surface area contributed by atoms with Gasteiger partial charge in [-0.2, -0.15) is 0 Å². The van der Waals surface area contributed by atoms with Crippen LogP contribution in [-0.4, -0.2) is 38.0 Å². The number of hydrogen-bond acceptors (Lipinski definition) is 5. The lowest BCUT2D eigenvalue weighted by atomic mass is 9.87. The highest BCUT2D eigenvalue weighted by molar-refractivity contribution is 5.93. The van der Waals surface area contributed by atoms with Crippen LogP contribution < -0.4 is 0 Å². The SMILES string of the molecule is CO[C@H]1O[C@@H]2CO[C@@H](c3ccccc3)O[C@H]2[C@@H]2CC(=O)C=C12. The highest BCUT2D eigenvalue weighted by Gasteiger charge is 2.49. The number of ether oxygens (including phenoxy) is 4. The van der Waals surface area contributed by atoms with Crippen molar-refractivity contribution in [2.45, 2.75) is 31.2 Å². The molecular formula is C17H18O5. The van der Waals surface area contributed by atoms with E-state index in [-0.39, 0.29) is 23.9 Å². The minimum Gasteiger partial charge on any atom is -0.352 e. The Morgan fingerprint density at radius 2 is 2.00 bits per heavy atom. The maximum absolute atomic E-state index is 11.8. The second-order valence-electron chi connectivity index (χ2n) is 5.84. The van der Waals surface area contributed by atoms with Crippen LogP contribution in [0, 0.1) is 5.92 Å². The summed E-state index contributed by atoms with van der Waals surface area (Å²) in [6, 6.07) is 9.82. The fourth-order valence-electron chi connectivity index (χ4n) is 3.47. The zero-order chi connectivity index (χ0) is 15.1. The van der Waals surface area contributed by atoms with Crippen LogP contribution in [0.3, 0.4) is 0 Å². The molecular weight excluding hydrogens is 284 g/mol. The molecule has 1 aromatic carbocycles. The van der Waals surface area contributed by atoms with Crippen molar-refractivity contribution in [1.29, 1.82) is 0 Å². The van der Waals surface area contributed by atoms with E-state index in [0.717, 1.165) is 11.1 Å². The van der Waals surface area contributed by atoms with Crippen LogP contribution in [0.2, 0.25) is 0 Å². The van der Waals surface area contributed by atoms with E-state index in [1.807, 2.05) is 30.3 Å². The first-order valence-corrected chi connectivity index (χ1v) is 7.51. The fourth-order valence-corrected chi connectivity index (χ4v) is 3.47. The monoisotopic (exact) mass is 302 g/mol. The lowest BCUT2D eigenvalue weighted by Gasteiger charge is -2.45. The van der Waals surface area contributed by atoms with Gasteiger partial charge in [0.25, 0.3) is 0 Å². The summed E-state index contributed by atoms with van der Waals surface area (Å²) in [5.74, 6) is 0.129. The van der Waals surface area contributed by atoms with Crippen LogP contribution in [0.5, 0.6) is 0 Å². The first kappa shape index (κ1) is 14.1. The molecule has 3 aliphatic rings. The molecule has 2 heterocycles. The van der Waals surface area contributed by atoms with Crippen molar-refractivity contribution in [3.05, 3.63) is 47.5 Å². The van der Waals surface area contributed by atoms with Gasteiger partial charge in [0, 0.05) is 25.0 Å². The smallest absolute Gasteiger partial charge is 0.184 e. The summed E-state index contributed by atoms with van der Waals surface area (Å²) in [6.45, 7) is 0.433. The van der Waals surface area contributed by atoms with Crippen molar-refractivity contribution < 1.29 is 23.7 Å². The van der Waals surface area contributed by atoms with Gasteiger partial charge in [0.15, 0.2) is 18.4 Å². The first-order chi connectivity index (χ1) is 10.8. The first-order valence-electron chi connectivity index (χ1n) is 7.51. The zero-order valence-electron chi connectivity index (χ0n) is 12.3. The lowest BCUT2D eigenvalue weighted by molar-refractivity contribution is -0.311. The molecule has 1 aromatic rings. The molecule has 5 heteroatoms. The number of benzene rings is 1. The van der Waals surface area contributed by atoms with Crippen molar-refractivity contribution in [2.24, 2.45) is 5.92 Å². The van der Waals surface area contributed by atoms with E-state index in [2.05, 4.69) is 0 Å². The van der Waals surface area contributed by atoms with Gasteiger partial charge in [-0.3, -0.25) is 4.79 Å². The molecule has 4 rings (SSSR count). The van der Waals surface area contributed by atoms with Crippen molar-refractivity contribution in [1.82, 2.24) is 0 Å². The van der Waals surface area contributed by atoms with E-state index in [0.29, 0.717) is 13.0 Å². The Hall–Kier alpha value is -1.53. The molecule has 5 nitrogen and oxygen atoms in total. The molecule has 0 amide bonds. The molecule has 0 bridgehead atoms. The van der Waals surface area contributed by atoms with Crippen molar-refractivity contribution in [2.75, 3.05) is 13.7 Å². The predicted octanol–water partition coefficient (Wildman–Crippen LogP) is 1.99. The number of ketones is 1. The van der Waals surface area contributed by atoms with Crippen LogP contribution in [0.25, 0.3) is 0 Å². The summed E-state index contributed by atoms with van der Waals surface area (Å²) in [6.07, 6.45) is 0.827. The quantitative estimate of drug-likeness (QED) is 0.836. The average Bonchev–Trinajstić information content (AvgIpc) is 2.96. The molecule has 116 valence electrons. The van der Waals surface area contributed by atoms with E-state index >= 15 is 0 Å². The molecule has 2 aliphatic heterocycles. The molecule has 2 saturated heterocycles. The largest absolute Gasteiger partial charge is 0.352 e. The Labute approximate surface area is 128 Å². The number of allylic oxidation sites excluding steroid dienone is 1. The second kappa shape index (κ2) is 5.59. The Bertz CT molecular complexity index is 596. The van der Waals surface area contributed by atoms with Gasteiger partial charge in [0.2, 0.25) is 0 Å². The maximum Gasteiger partial charge on any atom is 0.184 e. The average molecular weight is 302 g/mol. The number of rotatable bonds is 2. The third-order valence-corrected chi connectivity index (χ3v) is 4.49. The standard InChI is InChI=1S/C17H18O5/c1-19-17-13-8-11(18)7-12(13)15-14(21-17)9-20-16(22-15)10-5-3-2-4-6-10/h2-6,8,12,14-17H,7,9H2,1H3/t12-,14-,15+,16-,17+/m1/s1. The number of hydrogen-bond donors (Lipinski definition) is 0. The van der Waals surface area contributed by atoms with E-state index < -0.39 is 12.6 Å². The fraction of sp³-hybridized carbons (Fsp3) is 0.471. The third-order valence-electron chi connectivity index (χ3n) is 4.49. The zero-order valence-corrected chi connectivity index (χ0v) is 12.3. The highest BCUT2D eigenvalue weighted by Crippen LogP contribution is 2.43. The van der Waals surface area contributed by atoms with Gasteiger partial charge in [-0.15, -0.1) is 0 Å². The van der Waals surface area contributed by atoms with Gasteiger partial charge < -0.3 is 18.9 Å². The normalized spacial score (nSPS) is 37.4. The van der Waals surface area contributed by atoms with Gasteiger partial charge in [0.1, 0.15) is 6.10 Å². The molecule has 0 unspecified atom stereocenters. The van der Waals surface area contributed by atoms with Gasteiger partial charge in [0.05, 0.1) is 12.7 Å². The maximum atomic E-state index is 11.8. The van der Waals surface area contributed by atoms with Crippen LogP contribution in [0.4, 0.5) is 0 Å². The number of fused-ring (bicyclic) bond motifs is 3. The molecule has 0 aromatic heterocycles. The summed E-state index contributed by atoms with van der Waals surface area (Å²) >= 11 is 0. The van der Waals surface area contributed by atoms with Crippen LogP contribution in [0.15, 0.2) is 42.0 Å². The molecule has 0 saturated carbocycles. The summed E-state index contributed by atoms with van der Waals surface area (Å²) in [7, 11) is 1.59. The Kier molecular flexibility index (Phi) is 3.58. The van der Waals surface area contributed by atoms with E-state index in [1.165, 1.54) is 0 Å². The summed E-state index contributed by atoms with van der Waals surface area (Å²) < 4.78 is 23.2. The molecule has 22 heavy (non-hydrogen) atoms. The number of carbonyl (C=O) groups is 1. The predicted molar refractivity (Wildman–Crippen MR) is 76.9 cm³/mol. The van der Waals surface area contributed by atoms with E-state index in [4.69, 9.17) is 18.9 Å². The third kappa shape index (κ3) is 2.30. The van der Waals surface area contributed by atoms with Gasteiger partial charge in [-0.25, -0.2) is 0 Å². The summed E-state index contributed by atoms with van der Waals surface area (Å²) in [4.78, 5) is 11.8. The number of methoxy groups -OCH3 is 1. The van der Waals surface area contributed by atoms with Crippen molar-refractivity contribution in [3.63, 3.8) is 0 Å². The van der Waals surface area contributed by atoms with Gasteiger partial charge in [-0.05, 0) is 11.6 Å². The highest BCUT2D eigenvalue weighted by atomic mass is 16.7. The van der Waals surface area contributed by atoms with Crippen molar-refractivity contribution >= 4 is 5.78 Å². The Morgan fingerprint density at radius 1 is 1.18 bits per heavy atom. The van der Waals surface area contributed by atoms with Crippen LogP contribution in [-0.2, 0) is 23.7 Å². The minimum absolute atomic E-state index is 0.0197. The van der Waals surface area contributed by atoms with Crippen molar-refractivity contribution in [3.8, 4) is 0 Å². The molecule has 5 atom stereocenters. The minimum atomic E-state index is -0.474. The van der Waals surface area contributed by atoms with Gasteiger partial charge in [-0.1, -0.05) is 30.3 Å². The molecule has 0 radical (unpaired) electrons. The molecule has 1 aliphatic carbocycles. The molecule has 0 spiro atoms. The Morgan fingerprint density at radius 3 is 2.77 bits per heavy atom. The summed E-state index contributed by atoms with van der Waals surface area (Å²) in [5, 5.41) is 0. The van der Waals surface area contributed by atoms with Crippen LogP contribution in [0.1, 0.15) is 18.3 Å². The molecule has 2 fully saturated rings. The van der Waals surface area contributed by atoms with Crippen LogP contribution >= 0.6 is 0 Å². The van der Waals surface area contributed by atoms with E-state index in [1.54, 1.807) is 13.2 Å². The second-order valence-corrected chi connectivity index (χ2v) is 5.84. The topological polar surface area (TPSA) is 54.0 Å². The number of carbonyl (C=O) groups excluding carboxylic acids is 1. The van der Waals surface area contributed by atoms with E-state index in [9.17, 15) is 4.79 Å². The van der Waals surface area contributed by atoms with Gasteiger partial charge >= 0.3 is 0 Å². The summed E-state index contributed by atoms with van der Waals surface area (Å²) in [5.41, 5.74) is 1.87. The lowest BCUT2D eigenvalue weighted by Crippen LogP contribution is -2.53. The molecule has 0 N–H and O–H groups in total. The Balaban J connectivity index is 1.59.